The number of anilines is 1. The second-order valence-electron chi connectivity index (χ2n) is 7.11. The Balaban J connectivity index is 1.63. The Morgan fingerprint density at radius 3 is 2.50 bits per heavy atom. The van der Waals surface area contributed by atoms with Crippen molar-refractivity contribution in [3.05, 3.63) is 46.3 Å². The van der Waals surface area contributed by atoms with Gasteiger partial charge < -0.3 is 15.4 Å². The first kappa shape index (κ1) is 19.6. The van der Waals surface area contributed by atoms with E-state index in [1.54, 1.807) is 16.5 Å². The molecule has 1 aromatic carbocycles. The molecule has 0 fully saturated rings. The standard InChI is InChI=1S/C20H26N6O2/c1-12-8-13(2)10-16(9-12)28-7-6-25(5)18(27)11-17-14(3)22-20-23-19(21)24-26(20)15(17)4/h8-10H,6-7,11H2,1-5H3,(H2,21,24). The van der Waals surface area contributed by atoms with Gasteiger partial charge in [-0.05, 0) is 51.0 Å². The maximum Gasteiger partial charge on any atom is 0.254 e. The third-order valence-corrected chi connectivity index (χ3v) is 4.71. The van der Waals surface area contributed by atoms with E-state index in [9.17, 15) is 4.79 Å². The van der Waals surface area contributed by atoms with Crippen molar-refractivity contribution in [2.24, 2.45) is 0 Å². The number of ether oxygens (including phenoxy) is 1. The van der Waals surface area contributed by atoms with Crippen LogP contribution in [0.4, 0.5) is 5.95 Å². The maximum absolute atomic E-state index is 12.7. The fourth-order valence-corrected chi connectivity index (χ4v) is 3.21. The Morgan fingerprint density at radius 1 is 1.14 bits per heavy atom. The summed E-state index contributed by atoms with van der Waals surface area (Å²) in [5.41, 5.74) is 10.4. The van der Waals surface area contributed by atoms with Crippen LogP contribution in [0.15, 0.2) is 18.2 Å². The Bertz CT molecular complexity index is 1010. The first-order valence-electron chi connectivity index (χ1n) is 9.18. The van der Waals surface area contributed by atoms with Crippen LogP contribution in [-0.2, 0) is 11.2 Å². The predicted molar refractivity (Wildman–Crippen MR) is 107 cm³/mol. The minimum atomic E-state index is -0.00976. The molecule has 0 unspecified atom stereocenters. The molecule has 0 spiro atoms. The number of amides is 1. The van der Waals surface area contributed by atoms with Gasteiger partial charge >= 0.3 is 0 Å². The number of likely N-dealkylation sites (N-methyl/N-ethyl adjacent to an activating group) is 1. The van der Waals surface area contributed by atoms with Crippen molar-refractivity contribution in [2.75, 3.05) is 25.9 Å². The van der Waals surface area contributed by atoms with Crippen LogP contribution < -0.4 is 10.5 Å². The minimum absolute atomic E-state index is 0.00976. The molecule has 0 saturated carbocycles. The molecule has 0 atom stereocenters. The zero-order valence-corrected chi connectivity index (χ0v) is 17.0. The summed E-state index contributed by atoms with van der Waals surface area (Å²) in [6.07, 6.45) is 0.237. The smallest absolute Gasteiger partial charge is 0.254 e. The molecular formula is C20H26N6O2. The van der Waals surface area contributed by atoms with Gasteiger partial charge in [0.15, 0.2) is 0 Å². The number of carbonyl (C=O) groups excluding carboxylic acids is 1. The number of nitrogen functional groups attached to an aromatic ring is 1. The highest BCUT2D eigenvalue weighted by Crippen LogP contribution is 2.17. The summed E-state index contributed by atoms with van der Waals surface area (Å²) in [6.45, 7) is 8.75. The highest BCUT2D eigenvalue weighted by molar-refractivity contribution is 5.79. The number of fused-ring (bicyclic) bond motifs is 1. The van der Waals surface area contributed by atoms with Gasteiger partial charge in [0.25, 0.3) is 5.78 Å². The van der Waals surface area contributed by atoms with Crippen molar-refractivity contribution >= 4 is 17.6 Å². The zero-order valence-electron chi connectivity index (χ0n) is 17.0. The van der Waals surface area contributed by atoms with E-state index in [0.29, 0.717) is 18.9 Å². The van der Waals surface area contributed by atoms with Gasteiger partial charge in [-0.1, -0.05) is 6.07 Å². The van der Waals surface area contributed by atoms with Crippen molar-refractivity contribution in [3.8, 4) is 5.75 Å². The summed E-state index contributed by atoms with van der Waals surface area (Å²) in [7, 11) is 1.78. The van der Waals surface area contributed by atoms with Gasteiger partial charge in [-0.15, -0.1) is 5.10 Å². The second-order valence-corrected chi connectivity index (χ2v) is 7.11. The van der Waals surface area contributed by atoms with Gasteiger partial charge in [-0.3, -0.25) is 4.79 Å². The largest absolute Gasteiger partial charge is 0.492 e. The Morgan fingerprint density at radius 2 is 1.82 bits per heavy atom. The number of aryl methyl sites for hydroxylation is 4. The molecule has 3 aromatic rings. The number of aromatic nitrogens is 4. The van der Waals surface area contributed by atoms with Gasteiger partial charge in [-0.2, -0.15) is 9.50 Å². The van der Waals surface area contributed by atoms with E-state index in [0.717, 1.165) is 33.8 Å². The van der Waals surface area contributed by atoms with E-state index < -0.39 is 0 Å². The summed E-state index contributed by atoms with van der Waals surface area (Å²) in [4.78, 5) is 22.8. The van der Waals surface area contributed by atoms with Crippen molar-refractivity contribution in [1.29, 1.82) is 0 Å². The molecule has 2 N–H and O–H groups in total. The van der Waals surface area contributed by atoms with Gasteiger partial charge in [0, 0.05) is 24.0 Å². The topological polar surface area (TPSA) is 98.6 Å². The van der Waals surface area contributed by atoms with E-state index in [4.69, 9.17) is 10.5 Å². The summed E-state index contributed by atoms with van der Waals surface area (Å²) in [5, 5.41) is 4.14. The number of nitrogens with two attached hydrogens (primary N) is 1. The van der Waals surface area contributed by atoms with Crippen LogP contribution in [0.5, 0.6) is 5.75 Å². The fraction of sp³-hybridized carbons (Fsp3) is 0.400. The van der Waals surface area contributed by atoms with Crippen LogP contribution in [0, 0.1) is 27.7 Å². The van der Waals surface area contributed by atoms with E-state index in [-0.39, 0.29) is 18.3 Å². The number of hydrogen-bond donors (Lipinski definition) is 1. The molecule has 0 aliphatic heterocycles. The molecule has 2 aromatic heterocycles. The minimum Gasteiger partial charge on any atom is -0.492 e. The second kappa shape index (κ2) is 7.84. The zero-order chi connectivity index (χ0) is 20.4. The molecule has 3 rings (SSSR count). The van der Waals surface area contributed by atoms with Gasteiger partial charge in [-0.25, -0.2) is 4.98 Å². The van der Waals surface area contributed by atoms with Crippen molar-refractivity contribution in [3.63, 3.8) is 0 Å². The Labute approximate surface area is 164 Å². The summed E-state index contributed by atoms with van der Waals surface area (Å²) in [6, 6.07) is 6.08. The Kier molecular flexibility index (Phi) is 5.48. The molecule has 28 heavy (non-hydrogen) atoms. The molecule has 1 amide bonds. The average molecular weight is 382 g/mol. The van der Waals surface area contributed by atoms with Gasteiger partial charge in [0.2, 0.25) is 11.9 Å². The fourth-order valence-electron chi connectivity index (χ4n) is 3.21. The molecule has 0 aliphatic rings. The molecule has 148 valence electrons. The lowest BCUT2D eigenvalue weighted by Gasteiger charge is -2.19. The molecule has 0 saturated heterocycles. The van der Waals surface area contributed by atoms with Crippen molar-refractivity contribution in [2.45, 2.75) is 34.1 Å². The van der Waals surface area contributed by atoms with E-state index in [2.05, 4.69) is 21.1 Å². The number of benzene rings is 1. The lowest BCUT2D eigenvalue weighted by atomic mass is 10.1. The first-order chi connectivity index (χ1) is 13.2. The van der Waals surface area contributed by atoms with Crippen molar-refractivity contribution < 1.29 is 9.53 Å². The lowest BCUT2D eigenvalue weighted by Crippen LogP contribution is -2.32. The maximum atomic E-state index is 12.7. The van der Waals surface area contributed by atoms with Crippen LogP contribution >= 0.6 is 0 Å². The number of hydrogen-bond acceptors (Lipinski definition) is 6. The Hall–Kier alpha value is -3.16. The van der Waals surface area contributed by atoms with Crippen molar-refractivity contribution in [1.82, 2.24) is 24.5 Å². The number of rotatable bonds is 6. The molecule has 0 radical (unpaired) electrons. The lowest BCUT2D eigenvalue weighted by molar-refractivity contribution is -0.129. The normalized spacial score (nSPS) is 11.0. The molecular weight excluding hydrogens is 356 g/mol. The van der Waals surface area contributed by atoms with Gasteiger partial charge in [0.1, 0.15) is 12.4 Å². The third kappa shape index (κ3) is 4.21. The number of nitrogens with zero attached hydrogens (tertiary/aromatic N) is 5. The monoisotopic (exact) mass is 382 g/mol. The average Bonchev–Trinajstić information content (AvgIpc) is 2.97. The summed E-state index contributed by atoms with van der Waals surface area (Å²) in [5.74, 6) is 1.42. The molecule has 0 aliphatic carbocycles. The van der Waals surface area contributed by atoms with Crippen LogP contribution in [-0.4, -0.2) is 50.6 Å². The highest BCUT2D eigenvalue weighted by Gasteiger charge is 2.17. The van der Waals surface area contributed by atoms with Crippen LogP contribution in [0.2, 0.25) is 0 Å². The molecule has 2 heterocycles. The molecule has 8 nitrogen and oxygen atoms in total. The SMILES string of the molecule is Cc1cc(C)cc(OCCN(C)C(=O)Cc2c(C)nc3nc(N)nn3c2C)c1. The summed E-state index contributed by atoms with van der Waals surface area (Å²) < 4.78 is 7.38. The third-order valence-electron chi connectivity index (χ3n) is 4.71. The quantitative estimate of drug-likeness (QED) is 0.700. The van der Waals surface area contributed by atoms with Crippen LogP contribution in [0.3, 0.4) is 0 Å². The molecule has 8 heteroatoms. The van der Waals surface area contributed by atoms with E-state index >= 15 is 0 Å². The van der Waals surface area contributed by atoms with Gasteiger partial charge in [0.05, 0.1) is 13.0 Å². The molecule has 0 bridgehead atoms. The number of carbonyl (C=O) groups is 1. The highest BCUT2D eigenvalue weighted by atomic mass is 16.5. The van der Waals surface area contributed by atoms with E-state index in [1.165, 1.54) is 0 Å². The summed E-state index contributed by atoms with van der Waals surface area (Å²) >= 11 is 0. The first-order valence-corrected chi connectivity index (χ1v) is 9.18. The van der Waals surface area contributed by atoms with Crippen LogP contribution in [0.25, 0.3) is 5.78 Å². The van der Waals surface area contributed by atoms with E-state index in [1.807, 2.05) is 39.8 Å². The predicted octanol–water partition coefficient (Wildman–Crippen LogP) is 2.02. The van der Waals surface area contributed by atoms with Crippen LogP contribution in [0.1, 0.15) is 28.1 Å².